The van der Waals surface area contributed by atoms with Crippen LogP contribution in [-0.2, 0) is 14.3 Å². The molecule has 1 aliphatic rings. The lowest BCUT2D eigenvalue weighted by atomic mass is 10.1. The molecule has 1 saturated heterocycles. The van der Waals surface area contributed by atoms with Crippen molar-refractivity contribution >= 4 is 35.9 Å². The van der Waals surface area contributed by atoms with Crippen LogP contribution in [0.2, 0.25) is 0 Å². The Labute approximate surface area is 189 Å². The Kier molecular flexibility index (Phi) is 15.0. The molecule has 0 aromatic carbocycles. The van der Waals surface area contributed by atoms with E-state index in [2.05, 4.69) is 24.1 Å². The number of piperidine rings is 1. The highest BCUT2D eigenvalue weighted by atomic mass is 127. The van der Waals surface area contributed by atoms with Crippen LogP contribution in [0.3, 0.4) is 0 Å². The summed E-state index contributed by atoms with van der Waals surface area (Å²) in [5.41, 5.74) is -0.383. The van der Waals surface area contributed by atoms with Crippen LogP contribution in [0, 0.1) is 0 Å². The second-order valence-corrected chi connectivity index (χ2v) is 8.13. The molecule has 0 spiro atoms. The molecule has 0 bridgehead atoms. The first-order valence-corrected chi connectivity index (χ1v) is 10.7. The average Bonchev–Trinajstić information content (AvgIpc) is 2.59. The van der Waals surface area contributed by atoms with Gasteiger partial charge >= 0.3 is 5.97 Å². The molecule has 0 radical (unpaired) electrons. The van der Waals surface area contributed by atoms with E-state index in [4.69, 9.17) is 14.5 Å². The lowest BCUT2D eigenvalue weighted by Gasteiger charge is -2.34. The van der Waals surface area contributed by atoms with E-state index < -0.39 is 0 Å². The SMILES string of the molecule is CCNC(=NCCCCCCC(=O)OC(C)(C)C)N1CCC(OCC)CC1.I. The van der Waals surface area contributed by atoms with Crippen molar-refractivity contribution in [3.63, 3.8) is 0 Å². The highest BCUT2D eigenvalue weighted by Gasteiger charge is 2.21. The van der Waals surface area contributed by atoms with Crippen molar-refractivity contribution in [1.29, 1.82) is 0 Å². The van der Waals surface area contributed by atoms with Crippen LogP contribution in [-0.4, -0.2) is 61.3 Å². The largest absolute Gasteiger partial charge is 0.460 e. The first kappa shape index (κ1) is 27.4. The molecule has 7 heteroatoms. The molecule has 166 valence electrons. The summed E-state index contributed by atoms with van der Waals surface area (Å²) in [6.45, 7) is 14.4. The van der Waals surface area contributed by atoms with Gasteiger partial charge in [-0.15, -0.1) is 24.0 Å². The van der Waals surface area contributed by atoms with Crippen molar-refractivity contribution in [2.24, 2.45) is 4.99 Å². The predicted octanol–water partition coefficient (Wildman–Crippen LogP) is 4.36. The van der Waals surface area contributed by atoms with Crippen LogP contribution in [0.4, 0.5) is 0 Å². The van der Waals surface area contributed by atoms with Gasteiger partial charge in [-0.05, 0) is 60.3 Å². The minimum atomic E-state index is -0.383. The van der Waals surface area contributed by atoms with Gasteiger partial charge in [0.05, 0.1) is 6.10 Å². The zero-order chi connectivity index (χ0) is 20.1. The van der Waals surface area contributed by atoms with E-state index in [0.717, 1.165) is 77.3 Å². The van der Waals surface area contributed by atoms with Gasteiger partial charge in [0.2, 0.25) is 0 Å². The molecule has 0 amide bonds. The van der Waals surface area contributed by atoms with Crippen molar-refractivity contribution in [2.75, 3.05) is 32.8 Å². The minimum Gasteiger partial charge on any atom is -0.460 e. The Hall–Kier alpha value is -0.570. The maximum atomic E-state index is 11.7. The third-order valence-corrected chi connectivity index (χ3v) is 4.45. The molecule has 0 aromatic rings. The summed E-state index contributed by atoms with van der Waals surface area (Å²) in [5, 5.41) is 3.41. The molecule has 6 nitrogen and oxygen atoms in total. The van der Waals surface area contributed by atoms with Crippen LogP contribution in [0.1, 0.15) is 79.6 Å². The van der Waals surface area contributed by atoms with Crippen LogP contribution >= 0.6 is 24.0 Å². The third kappa shape index (κ3) is 12.8. The smallest absolute Gasteiger partial charge is 0.306 e. The fourth-order valence-corrected chi connectivity index (χ4v) is 3.21. The van der Waals surface area contributed by atoms with Gasteiger partial charge in [-0.25, -0.2) is 0 Å². The first-order valence-electron chi connectivity index (χ1n) is 10.7. The number of esters is 1. The number of hydrogen-bond acceptors (Lipinski definition) is 4. The van der Waals surface area contributed by atoms with Gasteiger partial charge in [0.15, 0.2) is 5.96 Å². The number of nitrogens with zero attached hydrogens (tertiary/aromatic N) is 2. The lowest BCUT2D eigenvalue weighted by molar-refractivity contribution is -0.154. The fourth-order valence-electron chi connectivity index (χ4n) is 3.21. The van der Waals surface area contributed by atoms with E-state index in [1.807, 2.05) is 20.8 Å². The van der Waals surface area contributed by atoms with E-state index >= 15 is 0 Å². The van der Waals surface area contributed by atoms with E-state index in [-0.39, 0.29) is 35.5 Å². The number of ether oxygens (including phenoxy) is 2. The van der Waals surface area contributed by atoms with Gasteiger partial charge in [0.1, 0.15) is 5.60 Å². The molecule has 0 atom stereocenters. The van der Waals surface area contributed by atoms with Crippen LogP contribution < -0.4 is 5.32 Å². The average molecular weight is 511 g/mol. The maximum Gasteiger partial charge on any atom is 0.306 e. The zero-order valence-corrected chi connectivity index (χ0v) is 20.9. The van der Waals surface area contributed by atoms with Gasteiger partial charge < -0.3 is 19.7 Å². The van der Waals surface area contributed by atoms with Crippen molar-refractivity contribution in [3.8, 4) is 0 Å². The summed E-state index contributed by atoms with van der Waals surface area (Å²) in [7, 11) is 0. The Balaban J connectivity index is 0.00000729. The molecule has 1 aliphatic heterocycles. The summed E-state index contributed by atoms with van der Waals surface area (Å²) in [4.78, 5) is 18.8. The van der Waals surface area contributed by atoms with Crippen LogP contribution in [0.25, 0.3) is 0 Å². The van der Waals surface area contributed by atoms with Gasteiger partial charge in [-0.2, -0.15) is 0 Å². The molecule has 1 N–H and O–H groups in total. The number of halogens is 1. The number of rotatable bonds is 10. The van der Waals surface area contributed by atoms with Crippen molar-refractivity contribution in [1.82, 2.24) is 10.2 Å². The fraction of sp³-hybridized carbons (Fsp3) is 0.905. The number of unbranched alkanes of at least 4 members (excludes halogenated alkanes) is 3. The molecule has 28 heavy (non-hydrogen) atoms. The molecule has 1 fully saturated rings. The molecule has 0 aliphatic carbocycles. The Morgan fingerprint density at radius 3 is 2.32 bits per heavy atom. The molecule has 0 aromatic heterocycles. The number of hydrogen-bond donors (Lipinski definition) is 1. The minimum absolute atomic E-state index is 0. The monoisotopic (exact) mass is 511 g/mol. The number of nitrogens with one attached hydrogen (secondary N) is 1. The lowest BCUT2D eigenvalue weighted by Crippen LogP contribution is -2.47. The quantitative estimate of drug-likeness (QED) is 0.155. The number of guanidine groups is 1. The Morgan fingerprint density at radius 1 is 1.11 bits per heavy atom. The summed E-state index contributed by atoms with van der Waals surface area (Å²) in [6, 6.07) is 0. The zero-order valence-electron chi connectivity index (χ0n) is 18.6. The summed E-state index contributed by atoms with van der Waals surface area (Å²) >= 11 is 0. The van der Waals surface area contributed by atoms with Gasteiger partial charge in [-0.3, -0.25) is 9.79 Å². The highest BCUT2D eigenvalue weighted by molar-refractivity contribution is 14.0. The topological polar surface area (TPSA) is 63.2 Å². The molecule has 0 saturated carbocycles. The number of carbonyl (C=O) groups is 1. The Morgan fingerprint density at radius 2 is 1.75 bits per heavy atom. The van der Waals surface area contributed by atoms with E-state index in [0.29, 0.717) is 12.5 Å². The van der Waals surface area contributed by atoms with Crippen LogP contribution in [0.5, 0.6) is 0 Å². The van der Waals surface area contributed by atoms with Crippen molar-refractivity contribution in [3.05, 3.63) is 0 Å². The highest BCUT2D eigenvalue weighted by Crippen LogP contribution is 2.14. The maximum absolute atomic E-state index is 11.7. The molecule has 1 rings (SSSR count). The van der Waals surface area contributed by atoms with E-state index in [1.54, 1.807) is 0 Å². The van der Waals surface area contributed by atoms with E-state index in [9.17, 15) is 4.79 Å². The number of aliphatic imine (C=N–C) groups is 1. The molecule has 1 heterocycles. The Bertz CT molecular complexity index is 445. The standard InChI is InChI=1S/C21H41N3O3.HI/c1-6-22-20(24-16-13-18(14-17-24)26-7-2)23-15-11-9-8-10-12-19(25)27-21(3,4)5;/h18H,6-17H2,1-5H3,(H,22,23);1H. The second-order valence-electron chi connectivity index (χ2n) is 8.13. The van der Waals surface area contributed by atoms with Crippen LogP contribution in [0.15, 0.2) is 4.99 Å². The first-order chi connectivity index (χ1) is 12.9. The van der Waals surface area contributed by atoms with E-state index in [1.165, 1.54) is 0 Å². The number of carbonyl (C=O) groups excluding carboxylic acids is 1. The molecular weight excluding hydrogens is 469 g/mol. The second kappa shape index (κ2) is 15.3. The number of likely N-dealkylation sites (tertiary alicyclic amines) is 1. The molecule has 0 unspecified atom stereocenters. The summed E-state index contributed by atoms with van der Waals surface area (Å²) in [6.07, 6.45) is 7.15. The summed E-state index contributed by atoms with van der Waals surface area (Å²) < 4.78 is 11.1. The van der Waals surface area contributed by atoms with Gasteiger partial charge in [0.25, 0.3) is 0 Å². The van der Waals surface area contributed by atoms with Gasteiger partial charge in [0, 0.05) is 39.2 Å². The third-order valence-electron chi connectivity index (χ3n) is 4.45. The van der Waals surface area contributed by atoms with Crippen molar-refractivity contribution < 1.29 is 14.3 Å². The molecular formula is C21H42IN3O3. The van der Waals surface area contributed by atoms with Gasteiger partial charge in [-0.1, -0.05) is 12.8 Å². The normalized spacial score (nSPS) is 15.9. The predicted molar refractivity (Wildman–Crippen MR) is 127 cm³/mol. The summed E-state index contributed by atoms with van der Waals surface area (Å²) in [5.74, 6) is 0.937. The van der Waals surface area contributed by atoms with Crippen molar-refractivity contribution in [2.45, 2.75) is 91.3 Å².